The Kier molecular flexibility index (Phi) is 7.44. The molecule has 0 saturated carbocycles. The number of amides is 1. The van der Waals surface area contributed by atoms with Gasteiger partial charge in [-0.3, -0.25) is 4.79 Å². The fourth-order valence-electron chi connectivity index (χ4n) is 1.76. The van der Waals surface area contributed by atoms with Gasteiger partial charge in [0, 0.05) is 18.4 Å². The van der Waals surface area contributed by atoms with E-state index in [4.69, 9.17) is 15.2 Å². The molecule has 1 aromatic carbocycles. The number of carbonyl (C=O) groups excluding carboxylic acids is 1. The number of hydrogen-bond acceptors (Lipinski definition) is 4. The van der Waals surface area contributed by atoms with E-state index in [1.807, 2.05) is 26.0 Å². The van der Waals surface area contributed by atoms with Crippen molar-refractivity contribution in [3.05, 3.63) is 23.3 Å². The second-order valence-electron chi connectivity index (χ2n) is 4.14. The van der Waals surface area contributed by atoms with Crippen LogP contribution >= 0.6 is 12.4 Å². The van der Waals surface area contributed by atoms with Gasteiger partial charge in [-0.25, -0.2) is 0 Å². The zero-order valence-corrected chi connectivity index (χ0v) is 12.5. The fourth-order valence-corrected chi connectivity index (χ4v) is 1.76. The summed E-state index contributed by atoms with van der Waals surface area (Å²) in [6.45, 7) is 4.03. The topological polar surface area (TPSA) is 73.6 Å². The molecule has 0 spiro atoms. The minimum absolute atomic E-state index is 0. The molecule has 1 rings (SSSR count). The minimum Gasteiger partial charge on any atom is -0.496 e. The first-order valence-electron chi connectivity index (χ1n) is 5.70. The molecule has 0 aliphatic rings. The smallest absolute Gasteiger partial charge is 0.243 e. The summed E-state index contributed by atoms with van der Waals surface area (Å²) in [6, 6.07) is 3.05. The molecule has 0 fully saturated rings. The van der Waals surface area contributed by atoms with Crippen LogP contribution in [0.15, 0.2) is 12.1 Å². The molecule has 6 heteroatoms. The van der Waals surface area contributed by atoms with E-state index in [0.29, 0.717) is 5.69 Å². The molecule has 0 radical (unpaired) electrons. The average molecular weight is 289 g/mol. The Bertz CT molecular complexity index is 438. The molecule has 3 N–H and O–H groups in total. The molecule has 0 aliphatic heterocycles. The molecule has 1 amide bonds. The van der Waals surface area contributed by atoms with Gasteiger partial charge >= 0.3 is 0 Å². The van der Waals surface area contributed by atoms with Crippen LogP contribution in [0.4, 0.5) is 5.69 Å². The third-order valence-electron chi connectivity index (χ3n) is 2.75. The van der Waals surface area contributed by atoms with Gasteiger partial charge < -0.3 is 20.5 Å². The molecular weight excluding hydrogens is 268 g/mol. The Morgan fingerprint density at radius 3 is 2.53 bits per heavy atom. The van der Waals surface area contributed by atoms with E-state index in [-0.39, 0.29) is 24.9 Å². The van der Waals surface area contributed by atoms with E-state index in [0.717, 1.165) is 16.9 Å². The fraction of sp³-hybridized carbons (Fsp3) is 0.462. The molecule has 5 nitrogen and oxygen atoms in total. The van der Waals surface area contributed by atoms with Gasteiger partial charge in [0.15, 0.2) is 0 Å². The predicted molar refractivity (Wildman–Crippen MR) is 78.2 cm³/mol. The van der Waals surface area contributed by atoms with Gasteiger partial charge in [0.1, 0.15) is 11.8 Å². The number of hydrogen-bond donors (Lipinski definition) is 2. The highest BCUT2D eigenvalue weighted by Gasteiger charge is 2.15. The number of anilines is 1. The number of nitrogens with one attached hydrogen (secondary N) is 1. The lowest BCUT2D eigenvalue weighted by Gasteiger charge is -2.16. The van der Waals surface area contributed by atoms with Crippen molar-refractivity contribution in [1.29, 1.82) is 0 Å². The Labute approximate surface area is 119 Å². The highest BCUT2D eigenvalue weighted by molar-refractivity contribution is 5.95. The van der Waals surface area contributed by atoms with Crippen molar-refractivity contribution >= 4 is 24.0 Å². The largest absolute Gasteiger partial charge is 0.496 e. The van der Waals surface area contributed by atoms with E-state index in [9.17, 15) is 4.79 Å². The Hall–Kier alpha value is -1.30. The number of aryl methyl sites for hydroxylation is 1. The lowest BCUT2D eigenvalue weighted by atomic mass is 10.1. The first-order chi connectivity index (χ1) is 8.51. The van der Waals surface area contributed by atoms with Crippen molar-refractivity contribution in [3.63, 3.8) is 0 Å². The van der Waals surface area contributed by atoms with Crippen LogP contribution in [-0.2, 0) is 9.53 Å². The molecule has 1 unspecified atom stereocenters. The summed E-state index contributed by atoms with van der Waals surface area (Å²) in [7, 11) is 3.12. The molecule has 0 aliphatic carbocycles. The van der Waals surface area contributed by atoms with Crippen LogP contribution in [-0.4, -0.2) is 32.8 Å². The molecule has 0 heterocycles. The third kappa shape index (κ3) is 4.38. The highest BCUT2D eigenvalue weighted by Crippen LogP contribution is 2.29. The van der Waals surface area contributed by atoms with Gasteiger partial charge in [-0.15, -0.1) is 12.4 Å². The van der Waals surface area contributed by atoms with Gasteiger partial charge in [0.05, 0.1) is 13.7 Å². The molecule has 0 aromatic heterocycles. The van der Waals surface area contributed by atoms with Crippen LogP contribution in [0.25, 0.3) is 0 Å². The summed E-state index contributed by atoms with van der Waals surface area (Å²) in [5.74, 6) is 0.499. The standard InChI is InChI=1S/C13H20N2O3.ClH/c1-8-5-6-11(9(2)12(8)18-4)15-13(16)10(14)7-17-3;/h5-6,10H,7,14H2,1-4H3,(H,15,16);1H. The van der Waals surface area contributed by atoms with Crippen LogP contribution in [0.3, 0.4) is 0 Å². The molecular formula is C13H21ClN2O3. The van der Waals surface area contributed by atoms with E-state index >= 15 is 0 Å². The number of rotatable bonds is 5. The quantitative estimate of drug-likeness (QED) is 0.864. The predicted octanol–water partition coefficient (Wildman–Crippen LogP) is 1.65. The summed E-state index contributed by atoms with van der Waals surface area (Å²) in [5.41, 5.74) is 8.27. The average Bonchev–Trinajstić information content (AvgIpc) is 2.33. The van der Waals surface area contributed by atoms with Crippen molar-refractivity contribution in [2.45, 2.75) is 19.9 Å². The van der Waals surface area contributed by atoms with E-state index in [2.05, 4.69) is 5.32 Å². The highest BCUT2D eigenvalue weighted by atomic mass is 35.5. The minimum atomic E-state index is -0.679. The lowest BCUT2D eigenvalue weighted by Crippen LogP contribution is -2.39. The zero-order valence-electron chi connectivity index (χ0n) is 11.6. The Morgan fingerprint density at radius 2 is 2.00 bits per heavy atom. The second-order valence-corrected chi connectivity index (χ2v) is 4.14. The number of benzene rings is 1. The van der Waals surface area contributed by atoms with Gasteiger partial charge in [0.25, 0.3) is 0 Å². The maximum absolute atomic E-state index is 11.8. The number of nitrogens with two attached hydrogens (primary N) is 1. The van der Waals surface area contributed by atoms with Crippen LogP contribution in [0.1, 0.15) is 11.1 Å². The van der Waals surface area contributed by atoms with Crippen molar-refractivity contribution in [2.75, 3.05) is 26.1 Å². The Morgan fingerprint density at radius 1 is 1.37 bits per heavy atom. The normalized spacial score (nSPS) is 11.4. The molecule has 0 saturated heterocycles. The van der Waals surface area contributed by atoms with Crippen LogP contribution < -0.4 is 15.8 Å². The van der Waals surface area contributed by atoms with Crippen molar-refractivity contribution in [2.24, 2.45) is 5.73 Å². The van der Waals surface area contributed by atoms with E-state index < -0.39 is 6.04 Å². The molecule has 0 bridgehead atoms. The van der Waals surface area contributed by atoms with E-state index in [1.165, 1.54) is 7.11 Å². The lowest BCUT2D eigenvalue weighted by molar-refractivity contribution is -0.118. The first kappa shape index (κ1) is 17.7. The number of carbonyl (C=O) groups is 1. The van der Waals surface area contributed by atoms with Gasteiger partial charge in [-0.2, -0.15) is 0 Å². The van der Waals surface area contributed by atoms with Crippen molar-refractivity contribution < 1.29 is 14.3 Å². The first-order valence-corrected chi connectivity index (χ1v) is 5.70. The summed E-state index contributed by atoms with van der Waals surface area (Å²) in [4.78, 5) is 11.8. The summed E-state index contributed by atoms with van der Waals surface area (Å²) >= 11 is 0. The molecule has 19 heavy (non-hydrogen) atoms. The van der Waals surface area contributed by atoms with Gasteiger partial charge in [0.2, 0.25) is 5.91 Å². The summed E-state index contributed by atoms with van der Waals surface area (Å²) in [6.07, 6.45) is 0. The monoisotopic (exact) mass is 288 g/mol. The maximum atomic E-state index is 11.8. The summed E-state index contributed by atoms with van der Waals surface area (Å²) in [5, 5.41) is 2.77. The van der Waals surface area contributed by atoms with Crippen molar-refractivity contribution in [3.8, 4) is 5.75 Å². The van der Waals surface area contributed by atoms with Crippen LogP contribution in [0, 0.1) is 13.8 Å². The molecule has 1 atom stereocenters. The van der Waals surface area contributed by atoms with Gasteiger partial charge in [-0.05, 0) is 25.5 Å². The third-order valence-corrected chi connectivity index (χ3v) is 2.75. The van der Waals surface area contributed by atoms with E-state index in [1.54, 1.807) is 7.11 Å². The summed E-state index contributed by atoms with van der Waals surface area (Å²) < 4.78 is 10.1. The maximum Gasteiger partial charge on any atom is 0.243 e. The van der Waals surface area contributed by atoms with Crippen molar-refractivity contribution in [1.82, 2.24) is 0 Å². The number of ether oxygens (including phenoxy) is 2. The SMILES string of the molecule is COCC(N)C(=O)Nc1ccc(C)c(OC)c1C.Cl. The second kappa shape index (κ2) is 7.99. The number of methoxy groups -OCH3 is 2. The van der Waals surface area contributed by atoms with Crippen LogP contribution in [0.2, 0.25) is 0 Å². The molecule has 1 aromatic rings. The Balaban J connectivity index is 0.00000324. The zero-order chi connectivity index (χ0) is 13.7. The molecule has 108 valence electrons. The number of halogens is 1. The van der Waals surface area contributed by atoms with Crippen LogP contribution in [0.5, 0.6) is 5.75 Å². The van der Waals surface area contributed by atoms with Gasteiger partial charge in [-0.1, -0.05) is 6.07 Å².